The van der Waals surface area contributed by atoms with Gasteiger partial charge in [-0.2, -0.15) is 0 Å². The Hall–Kier alpha value is -2.27. The molecule has 1 saturated heterocycles. The Kier molecular flexibility index (Phi) is 4.04. The van der Waals surface area contributed by atoms with E-state index in [1.807, 2.05) is 38.1 Å². The summed E-state index contributed by atoms with van der Waals surface area (Å²) in [7, 11) is 0. The summed E-state index contributed by atoms with van der Waals surface area (Å²) in [5.74, 6) is 0.692. The number of carbonyl (C=O) groups is 1. The van der Waals surface area contributed by atoms with Crippen molar-refractivity contribution in [3.8, 4) is 5.75 Å². The molecule has 1 saturated carbocycles. The monoisotopic (exact) mass is 338 g/mol. The van der Waals surface area contributed by atoms with Crippen molar-refractivity contribution < 1.29 is 14.3 Å². The summed E-state index contributed by atoms with van der Waals surface area (Å²) in [4.78, 5) is 21.4. The van der Waals surface area contributed by atoms with Crippen molar-refractivity contribution >= 4 is 5.78 Å². The van der Waals surface area contributed by atoms with Gasteiger partial charge in [0.15, 0.2) is 5.78 Å². The zero-order chi connectivity index (χ0) is 17.4. The molecule has 5 nitrogen and oxygen atoms in total. The summed E-state index contributed by atoms with van der Waals surface area (Å²) < 4.78 is 11.4. The maximum Gasteiger partial charge on any atom is 0.187 e. The van der Waals surface area contributed by atoms with Gasteiger partial charge < -0.3 is 9.47 Å². The molecule has 0 aromatic carbocycles. The summed E-state index contributed by atoms with van der Waals surface area (Å²) in [6, 6.07) is 9.35. The zero-order valence-corrected chi connectivity index (χ0v) is 14.6. The maximum atomic E-state index is 12.6. The van der Waals surface area contributed by atoms with Crippen molar-refractivity contribution in [2.75, 3.05) is 13.2 Å². The highest BCUT2D eigenvalue weighted by atomic mass is 16.5. The van der Waals surface area contributed by atoms with Crippen LogP contribution in [0.25, 0.3) is 0 Å². The third-order valence-corrected chi connectivity index (χ3v) is 4.94. The van der Waals surface area contributed by atoms with E-state index in [0.29, 0.717) is 11.1 Å². The Morgan fingerprint density at radius 2 is 2.00 bits per heavy atom. The molecular formula is C20H22N2O3. The van der Waals surface area contributed by atoms with Gasteiger partial charge >= 0.3 is 0 Å². The van der Waals surface area contributed by atoms with Crippen molar-refractivity contribution in [2.24, 2.45) is 5.41 Å². The van der Waals surface area contributed by atoms with Gasteiger partial charge in [0.2, 0.25) is 0 Å². The molecule has 1 spiro atoms. The predicted molar refractivity (Wildman–Crippen MR) is 92.9 cm³/mol. The average molecular weight is 338 g/mol. The minimum absolute atomic E-state index is 0.0378. The summed E-state index contributed by atoms with van der Waals surface area (Å²) in [5.41, 5.74) is 3.27. The van der Waals surface area contributed by atoms with Gasteiger partial charge in [-0.05, 0) is 38.8 Å². The maximum absolute atomic E-state index is 12.6. The van der Waals surface area contributed by atoms with Crippen LogP contribution >= 0.6 is 0 Å². The lowest BCUT2D eigenvalue weighted by atomic mass is 9.65. The van der Waals surface area contributed by atoms with Gasteiger partial charge in [-0.15, -0.1) is 0 Å². The molecule has 1 aliphatic heterocycles. The highest BCUT2D eigenvalue weighted by molar-refractivity contribution is 5.95. The number of carbonyl (C=O) groups excluding carboxylic acids is 1. The second-order valence-corrected chi connectivity index (χ2v) is 7.34. The molecule has 2 aromatic heterocycles. The van der Waals surface area contributed by atoms with E-state index < -0.39 is 0 Å². The molecule has 130 valence electrons. The first-order chi connectivity index (χ1) is 12.0. The van der Waals surface area contributed by atoms with Gasteiger partial charge in [0.25, 0.3) is 0 Å². The smallest absolute Gasteiger partial charge is 0.187 e. The Morgan fingerprint density at radius 3 is 2.68 bits per heavy atom. The van der Waals surface area contributed by atoms with Gasteiger partial charge in [0, 0.05) is 34.6 Å². The fourth-order valence-corrected chi connectivity index (χ4v) is 3.61. The highest BCUT2D eigenvalue weighted by Gasteiger charge is 2.51. The molecule has 4 rings (SSSR count). The second-order valence-electron chi connectivity index (χ2n) is 7.34. The van der Waals surface area contributed by atoms with E-state index >= 15 is 0 Å². The number of ether oxygens (including phenoxy) is 2. The van der Waals surface area contributed by atoms with E-state index in [4.69, 9.17) is 9.47 Å². The van der Waals surface area contributed by atoms with Crippen molar-refractivity contribution in [3.63, 3.8) is 0 Å². The summed E-state index contributed by atoms with van der Waals surface area (Å²) in [6.07, 6.45) is 2.53. The number of aryl methyl sites for hydroxylation is 2. The molecule has 1 aliphatic carbocycles. The highest BCUT2D eigenvalue weighted by Crippen LogP contribution is 2.48. The van der Waals surface area contributed by atoms with Crippen LogP contribution in [0.4, 0.5) is 0 Å². The SMILES string of the molecule is Cc1cccc(CC(=O)c2cc(OC3CC4(COC4)C3)cc(C)n2)n1. The van der Waals surface area contributed by atoms with E-state index in [-0.39, 0.29) is 18.3 Å². The first-order valence-electron chi connectivity index (χ1n) is 8.70. The number of ketones is 1. The number of rotatable bonds is 5. The number of nitrogens with zero attached hydrogens (tertiary/aromatic N) is 2. The largest absolute Gasteiger partial charge is 0.490 e. The Labute approximate surface area is 147 Å². The normalized spacial score (nSPS) is 18.5. The van der Waals surface area contributed by atoms with Gasteiger partial charge in [0.1, 0.15) is 17.5 Å². The van der Waals surface area contributed by atoms with E-state index in [2.05, 4.69) is 9.97 Å². The molecule has 0 bridgehead atoms. The lowest BCUT2D eigenvalue weighted by Gasteiger charge is -2.52. The van der Waals surface area contributed by atoms with Crippen LogP contribution in [0.1, 0.15) is 40.4 Å². The molecule has 2 aliphatic rings. The molecule has 5 heteroatoms. The van der Waals surface area contributed by atoms with Crippen molar-refractivity contribution in [1.82, 2.24) is 9.97 Å². The first-order valence-corrected chi connectivity index (χ1v) is 8.70. The van der Waals surface area contributed by atoms with Gasteiger partial charge in [-0.3, -0.25) is 9.78 Å². The number of hydrogen-bond acceptors (Lipinski definition) is 5. The van der Waals surface area contributed by atoms with E-state index in [0.717, 1.165) is 48.9 Å². The topological polar surface area (TPSA) is 61.3 Å². The molecule has 0 radical (unpaired) electrons. The van der Waals surface area contributed by atoms with Crippen LogP contribution in [0, 0.1) is 19.3 Å². The van der Waals surface area contributed by atoms with Gasteiger partial charge in [0.05, 0.1) is 19.6 Å². The standard InChI is InChI=1S/C20H22N2O3/c1-13-4-3-5-15(21-13)7-19(23)18-8-16(6-14(2)22-18)25-17-9-20(10-17)11-24-12-20/h3-6,8,17H,7,9-12H2,1-2H3. The Morgan fingerprint density at radius 1 is 1.20 bits per heavy atom. The van der Waals surface area contributed by atoms with Crippen LogP contribution in [0.2, 0.25) is 0 Å². The first kappa shape index (κ1) is 16.2. The molecular weight excluding hydrogens is 316 g/mol. The summed E-state index contributed by atoms with van der Waals surface area (Å²) in [6.45, 7) is 5.52. The quantitative estimate of drug-likeness (QED) is 0.784. The van der Waals surface area contributed by atoms with E-state index in [9.17, 15) is 4.79 Å². The van der Waals surface area contributed by atoms with Crippen LogP contribution in [0.3, 0.4) is 0 Å². The number of pyridine rings is 2. The predicted octanol–water partition coefficient (Wildman–Crippen LogP) is 3.08. The van der Waals surface area contributed by atoms with Crippen LogP contribution in [-0.4, -0.2) is 35.1 Å². The van der Waals surface area contributed by atoms with Gasteiger partial charge in [-0.1, -0.05) is 6.07 Å². The molecule has 0 unspecified atom stereocenters. The van der Waals surface area contributed by atoms with Crippen LogP contribution in [-0.2, 0) is 11.2 Å². The molecule has 2 aromatic rings. The van der Waals surface area contributed by atoms with Crippen molar-refractivity contribution in [3.05, 3.63) is 53.1 Å². The third-order valence-electron chi connectivity index (χ3n) is 4.94. The minimum Gasteiger partial charge on any atom is -0.490 e. The molecule has 3 heterocycles. The number of hydrogen-bond donors (Lipinski definition) is 0. The summed E-state index contributed by atoms with van der Waals surface area (Å²) >= 11 is 0. The molecule has 0 amide bonds. The Balaban J connectivity index is 1.44. The third kappa shape index (κ3) is 3.42. The van der Waals surface area contributed by atoms with Crippen LogP contribution < -0.4 is 4.74 Å². The Bertz CT molecular complexity index is 806. The molecule has 2 fully saturated rings. The average Bonchev–Trinajstić information content (AvgIpc) is 2.48. The fraction of sp³-hybridized carbons (Fsp3) is 0.450. The second kappa shape index (κ2) is 6.23. The fourth-order valence-electron chi connectivity index (χ4n) is 3.61. The van der Waals surface area contributed by atoms with Gasteiger partial charge in [-0.25, -0.2) is 4.98 Å². The van der Waals surface area contributed by atoms with Crippen molar-refractivity contribution in [2.45, 2.75) is 39.2 Å². The minimum atomic E-state index is -0.0378. The molecule has 25 heavy (non-hydrogen) atoms. The number of Topliss-reactive ketones (excluding diaryl/α,β-unsaturated/α-hetero) is 1. The molecule has 0 N–H and O–H groups in total. The van der Waals surface area contributed by atoms with Crippen LogP contribution in [0.15, 0.2) is 30.3 Å². The lowest BCUT2D eigenvalue weighted by molar-refractivity contribution is -0.191. The van der Waals surface area contributed by atoms with E-state index in [1.54, 1.807) is 6.07 Å². The van der Waals surface area contributed by atoms with Crippen LogP contribution in [0.5, 0.6) is 5.75 Å². The lowest BCUT2D eigenvalue weighted by Crippen LogP contribution is -2.56. The molecule has 0 atom stereocenters. The number of aromatic nitrogens is 2. The summed E-state index contributed by atoms with van der Waals surface area (Å²) in [5, 5.41) is 0. The van der Waals surface area contributed by atoms with E-state index in [1.165, 1.54) is 0 Å². The van der Waals surface area contributed by atoms with Crippen molar-refractivity contribution in [1.29, 1.82) is 0 Å². The zero-order valence-electron chi connectivity index (χ0n) is 14.6.